The molecule has 0 fully saturated rings. The number of rotatable bonds is 4. The number of nitrogens with zero attached hydrogens (tertiary/aromatic N) is 1. The monoisotopic (exact) mass is 352 g/mol. The van der Waals surface area contributed by atoms with Gasteiger partial charge in [-0.15, -0.1) is 0 Å². The lowest BCUT2D eigenvalue weighted by atomic mass is 10.2. The molecule has 106 valence electrons. The van der Waals surface area contributed by atoms with E-state index < -0.39 is 31.1 Å². The van der Waals surface area contributed by atoms with Gasteiger partial charge in [-0.25, -0.2) is 8.42 Å². The minimum Gasteiger partial charge on any atom is -0.281 e. The van der Waals surface area contributed by atoms with Gasteiger partial charge < -0.3 is 0 Å². The highest BCUT2D eigenvalue weighted by Crippen LogP contribution is 2.27. The number of nitro groups is 1. The van der Waals surface area contributed by atoms with E-state index in [1.165, 1.54) is 6.07 Å². The summed E-state index contributed by atoms with van der Waals surface area (Å²) in [7, 11) is -4.14. The number of nitrogens with one attached hydrogen (secondary N) is 1. The van der Waals surface area contributed by atoms with Gasteiger partial charge in [-0.1, -0.05) is 20.8 Å². The Kier molecular flexibility index (Phi) is 4.67. The summed E-state index contributed by atoms with van der Waals surface area (Å²) in [6.07, 6.45) is 0. The molecule has 0 unspecified atom stereocenters. The quantitative estimate of drug-likeness (QED) is 0.662. The highest BCUT2D eigenvalue weighted by atomic mass is 79.9. The molecule has 0 aromatic heterocycles. The SMILES string of the molecule is CC(C)(C)ONS(=O)(=O)c1cc(Br)ccc1[N+](=O)[O-]. The van der Waals surface area contributed by atoms with Crippen LogP contribution in [0.4, 0.5) is 5.69 Å². The summed E-state index contributed by atoms with van der Waals surface area (Å²) in [4.78, 5) is 16.4. The third kappa shape index (κ3) is 4.53. The van der Waals surface area contributed by atoms with Gasteiger partial charge in [0, 0.05) is 10.5 Å². The van der Waals surface area contributed by atoms with Crippen LogP contribution in [0.3, 0.4) is 0 Å². The Bertz CT molecular complexity index is 594. The Balaban J connectivity index is 3.21. The summed E-state index contributed by atoms with van der Waals surface area (Å²) in [5.41, 5.74) is -1.28. The third-order valence-corrected chi connectivity index (χ3v) is 3.57. The van der Waals surface area contributed by atoms with Crippen molar-refractivity contribution in [1.29, 1.82) is 0 Å². The van der Waals surface area contributed by atoms with E-state index in [-0.39, 0.29) is 0 Å². The second kappa shape index (κ2) is 5.53. The largest absolute Gasteiger partial charge is 0.289 e. The predicted octanol–water partition coefficient (Wildman–Crippen LogP) is 2.37. The zero-order chi connectivity index (χ0) is 14.8. The minimum atomic E-state index is -4.14. The van der Waals surface area contributed by atoms with Gasteiger partial charge in [0.2, 0.25) is 0 Å². The fourth-order valence-corrected chi connectivity index (χ4v) is 2.74. The lowest BCUT2D eigenvalue weighted by molar-refractivity contribution is -0.387. The van der Waals surface area contributed by atoms with Crippen molar-refractivity contribution < 1.29 is 18.2 Å². The Morgan fingerprint density at radius 2 is 1.95 bits per heavy atom. The summed E-state index contributed by atoms with van der Waals surface area (Å²) in [5.74, 6) is 0. The van der Waals surface area contributed by atoms with E-state index >= 15 is 0 Å². The van der Waals surface area contributed by atoms with E-state index in [1.807, 2.05) is 4.89 Å². The van der Waals surface area contributed by atoms with Crippen molar-refractivity contribution in [3.8, 4) is 0 Å². The fraction of sp³-hybridized carbons (Fsp3) is 0.400. The second-order valence-corrected chi connectivity index (χ2v) is 7.20. The molecule has 19 heavy (non-hydrogen) atoms. The molecule has 1 aromatic carbocycles. The van der Waals surface area contributed by atoms with E-state index in [0.29, 0.717) is 4.47 Å². The average Bonchev–Trinajstić information content (AvgIpc) is 2.25. The maximum atomic E-state index is 12.0. The first-order valence-corrected chi connectivity index (χ1v) is 7.44. The Hall–Kier alpha value is -1.03. The van der Waals surface area contributed by atoms with Crippen molar-refractivity contribution in [1.82, 2.24) is 4.89 Å². The van der Waals surface area contributed by atoms with Crippen LogP contribution in [0.5, 0.6) is 0 Å². The molecule has 1 aromatic rings. The summed E-state index contributed by atoms with van der Waals surface area (Å²) in [6.45, 7) is 4.93. The molecule has 7 nitrogen and oxygen atoms in total. The molecule has 1 N–H and O–H groups in total. The van der Waals surface area contributed by atoms with Gasteiger partial charge in [0.1, 0.15) is 0 Å². The third-order valence-electron chi connectivity index (χ3n) is 1.87. The zero-order valence-corrected chi connectivity index (χ0v) is 12.9. The van der Waals surface area contributed by atoms with Gasteiger partial charge in [0.15, 0.2) is 4.90 Å². The molecule has 1 rings (SSSR count). The normalized spacial score (nSPS) is 12.4. The first kappa shape index (κ1) is 16.0. The molecule has 0 heterocycles. The van der Waals surface area contributed by atoms with Gasteiger partial charge in [0.05, 0.1) is 10.5 Å². The number of halogens is 1. The van der Waals surface area contributed by atoms with Crippen molar-refractivity contribution in [3.63, 3.8) is 0 Å². The molecule has 0 saturated heterocycles. The molecule has 0 amide bonds. The minimum absolute atomic E-state index is 0.411. The van der Waals surface area contributed by atoms with Crippen molar-refractivity contribution in [2.45, 2.75) is 31.3 Å². The van der Waals surface area contributed by atoms with Gasteiger partial charge in [-0.2, -0.15) is 0 Å². The van der Waals surface area contributed by atoms with Crippen LogP contribution >= 0.6 is 15.9 Å². The first-order valence-electron chi connectivity index (χ1n) is 5.17. The van der Waals surface area contributed by atoms with E-state index in [4.69, 9.17) is 4.84 Å². The number of benzene rings is 1. The molecule has 0 bridgehead atoms. The Morgan fingerprint density at radius 3 is 2.42 bits per heavy atom. The van der Waals surface area contributed by atoms with Crippen LogP contribution in [0, 0.1) is 10.1 Å². The van der Waals surface area contributed by atoms with E-state index in [0.717, 1.165) is 12.1 Å². The van der Waals surface area contributed by atoms with Crippen LogP contribution in [0.25, 0.3) is 0 Å². The standard InChI is InChI=1S/C10H13BrN2O5S/c1-10(2,3)18-12-19(16,17)9-6-7(11)4-5-8(9)13(14)15/h4-6,12H,1-3H3. The predicted molar refractivity (Wildman–Crippen MR) is 72.0 cm³/mol. The van der Waals surface area contributed by atoms with Crippen LogP contribution in [0.2, 0.25) is 0 Å². The van der Waals surface area contributed by atoms with E-state index in [9.17, 15) is 18.5 Å². The van der Waals surface area contributed by atoms with Crippen molar-refractivity contribution in [2.24, 2.45) is 0 Å². The number of nitro benzene ring substituents is 1. The van der Waals surface area contributed by atoms with E-state index in [1.54, 1.807) is 20.8 Å². The lowest BCUT2D eigenvalue weighted by Gasteiger charge is -2.19. The molecule has 0 radical (unpaired) electrons. The molecule has 9 heteroatoms. The van der Waals surface area contributed by atoms with Gasteiger partial charge in [-0.3, -0.25) is 15.0 Å². The number of hydrogen-bond donors (Lipinski definition) is 1. The van der Waals surface area contributed by atoms with E-state index in [2.05, 4.69) is 15.9 Å². The Labute approximate surface area is 119 Å². The van der Waals surface area contributed by atoms with Crippen LogP contribution in [0.1, 0.15) is 20.8 Å². The molecule has 0 saturated carbocycles. The van der Waals surface area contributed by atoms with Gasteiger partial charge in [-0.05, 0) is 32.9 Å². The lowest BCUT2D eigenvalue weighted by Crippen LogP contribution is -2.33. The zero-order valence-electron chi connectivity index (χ0n) is 10.5. The number of sulfonamides is 1. The summed E-state index contributed by atoms with van der Waals surface area (Å²) >= 11 is 3.07. The molecular weight excluding hydrogens is 340 g/mol. The highest BCUT2D eigenvalue weighted by molar-refractivity contribution is 9.10. The van der Waals surface area contributed by atoms with Crippen molar-refractivity contribution in [3.05, 3.63) is 32.8 Å². The molecule has 0 aliphatic rings. The molecular formula is C10H13BrN2O5S. The van der Waals surface area contributed by atoms with Crippen molar-refractivity contribution in [2.75, 3.05) is 0 Å². The summed E-state index contributed by atoms with van der Waals surface area (Å²) in [5, 5.41) is 10.8. The van der Waals surface area contributed by atoms with Crippen LogP contribution < -0.4 is 4.89 Å². The topological polar surface area (TPSA) is 98.5 Å². The van der Waals surface area contributed by atoms with Crippen LogP contribution in [-0.4, -0.2) is 18.9 Å². The molecule has 0 aliphatic heterocycles. The van der Waals surface area contributed by atoms with Gasteiger partial charge in [0.25, 0.3) is 15.7 Å². The maximum Gasteiger partial charge on any atom is 0.289 e. The molecule has 0 atom stereocenters. The van der Waals surface area contributed by atoms with Crippen molar-refractivity contribution >= 4 is 31.6 Å². The van der Waals surface area contributed by atoms with Gasteiger partial charge >= 0.3 is 0 Å². The first-order chi connectivity index (χ1) is 8.53. The molecule has 0 aliphatic carbocycles. The maximum absolute atomic E-state index is 12.0. The number of hydrogen-bond acceptors (Lipinski definition) is 5. The molecule has 0 spiro atoms. The summed E-state index contributed by atoms with van der Waals surface area (Å²) in [6, 6.07) is 3.64. The van der Waals surface area contributed by atoms with Crippen LogP contribution in [0.15, 0.2) is 27.6 Å². The second-order valence-electron chi connectivity index (χ2n) is 4.67. The van der Waals surface area contributed by atoms with Crippen LogP contribution in [-0.2, 0) is 14.9 Å². The summed E-state index contributed by atoms with van der Waals surface area (Å²) < 4.78 is 24.4. The fourth-order valence-electron chi connectivity index (χ4n) is 1.08. The Morgan fingerprint density at radius 1 is 1.37 bits per heavy atom. The smallest absolute Gasteiger partial charge is 0.281 e. The average molecular weight is 353 g/mol. The highest BCUT2D eigenvalue weighted by Gasteiger charge is 2.27.